The highest BCUT2D eigenvalue weighted by atomic mass is 35.5. The second-order valence-corrected chi connectivity index (χ2v) is 11.9. The van der Waals surface area contributed by atoms with Gasteiger partial charge >= 0.3 is 0 Å². The number of nitrogens with one attached hydrogen (secondary N) is 4. The number of rotatable bonds is 12. The SMILES string of the molecule is CC(C)(C)NCC(O)COc1ccc(CNCCOc2ccc(C3=NNC(=O)CC3)cc2Cl)c2[nH]c3ccccc3c12. The van der Waals surface area contributed by atoms with E-state index in [1.165, 1.54) is 0 Å². The molecule has 3 aromatic carbocycles. The second kappa shape index (κ2) is 13.1. The number of β-amino-alcohol motifs (C(OH)–C–C–N with tert-alkyl or cyclic N) is 1. The lowest BCUT2D eigenvalue weighted by Crippen LogP contribution is -2.42. The van der Waals surface area contributed by atoms with Crippen molar-refractivity contribution in [1.29, 1.82) is 0 Å². The minimum absolute atomic E-state index is 0.0759. The molecule has 1 aromatic heterocycles. The van der Waals surface area contributed by atoms with Crippen molar-refractivity contribution < 1.29 is 19.4 Å². The quantitative estimate of drug-likeness (QED) is 0.150. The predicted molar refractivity (Wildman–Crippen MR) is 168 cm³/mol. The molecule has 1 aliphatic rings. The number of hydrogen-bond acceptors (Lipinski definition) is 7. The molecule has 10 heteroatoms. The first-order valence-electron chi connectivity index (χ1n) is 14.2. The van der Waals surface area contributed by atoms with Crippen LogP contribution in [0.1, 0.15) is 44.7 Å². The Morgan fingerprint density at radius 1 is 1.07 bits per heavy atom. The number of halogens is 1. The van der Waals surface area contributed by atoms with Crippen LogP contribution in [0.2, 0.25) is 5.02 Å². The van der Waals surface area contributed by atoms with Gasteiger partial charge in [0.2, 0.25) is 5.91 Å². The van der Waals surface area contributed by atoms with Crippen LogP contribution < -0.4 is 25.5 Å². The molecule has 1 atom stereocenters. The highest BCUT2D eigenvalue weighted by Gasteiger charge is 2.17. The van der Waals surface area contributed by atoms with Crippen molar-refractivity contribution in [2.45, 2.75) is 51.8 Å². The van der Waals surface area contributed by atoms with E-state index in [2.05, 4.69) is 59.0 Å². The molecule has 5 N–H and O–H groups in total. The van der Waals surface area contributed by atoms with E-state index >= 15 is 0 Å². The number of H-pyrrole nitrogens is 1. The first kappa shape index (κ1) is 29.8. The molecule has 0 radical (unpaired) electrons. The van der Waals surface area contributed by atoms with Crippen LogP contribution in [0, 0.1) is 0 Å². The van der Waals surface area contributed by atoms with Crippen molar-refractivity contribution >= 4 is 45.0 Å². The van der Waals surface area contributed by atoms with Crippen molar-refractivity contribution in [3.8, 4) is 11.5 Å². The maximum Gasteiger partial charge on any atom is 0.240 e. The summed E-state index contributed by atoms with van der Waals surface area (Å²) in [5.74, 6) is 1.26. The average molecular weight is 592 g/mol. The average Bonchev–Trinajstić information content (AvgIpc) is 3.36. The summed E-state index contributed by atoms with van der Waals surface area (Å²) in [5, 5.41) is 24.0. The Labute approximate surface area is 250 Å². The van der Waals surface area contributed by atoms with Gasteiger partial charge in [0.15, 0.2) is 0 Å². The molecule has 5 rings (SSSR count). The molecular formula is C32H38ClN5O4. The van der Waals surface area contributed by atoms with Crippen LogP contribution in [-0.2, 0) is 11.3 Å². The van der Waals surface area contributed by atoms with Crippen LogP contribution in [0.25, 0.3) is 21.8 Å². The molecule has 42 heavy (non-hydrogen) atoms. The molecule has 222 valence electrons. The number of carbonyl (C=O) groups is 1. The van der Waals surface area contributed by atoms with E-state index in [0.29, 0.717) is 49.9 Å². The maximum absolute atomic E-state index is 11.3. The van der Waals surface area contributed by atoms with Gasteiger partial charge in [-0.2, -0.15) is 5.10 Å². The van der Waals surface area contributed by atoms with Gasteiger partial charge in [-0.05, 0) is 62.2 Å². The maximum atomic E-state index is 11.3. The zero-order valence-corrected chi connectivity index (χ0v) is 25.0. The number of aliphatic hydroxyl groups excluding tert-OH is 1. The molecular weight excluding hydrogens is 554 g/mol. The van der Waals surface area contributed by atoms with Crippen LogP contribution in [-0.4, -0.2) is 59.7 Å². The van der Waals surface area contributed by atoms with Gasteiger partial charge in [0.1, 0.15) is 30.8 Å². The van der Waals surface area contributed by atoms with Gasteiger partial charge < -0.3 is 30.2 Å². The molecule has 9 nitrogen and oxygen atoms in total. The van der Waals surface area contributed by atoms with Gasteiger partial charge in [-0.1, -0.05) is 35.9 Å². The fourth-order valence-electron chi connectivity index (χ4n) is 4.85. The smallest absolute Gasteiger partial charge is 0.240 e. The van der Waals surface area contributed by atoms with Crippen LogP contribution in [0.5, 0.6) is 11.5 Å². The molecule has 1 amide bonds. The number of benzene rings is 3. The number of hydrazone groups is 1. The van der Waals surface area contributed by atoms with E-state index < -0.39 is 6.10 Å². The fourth-order valence-corrected chi connectivity index (χ4v) is 5.09. The lowest BCUT2D eigenvalue weighted by Gasteiger charge is -2.23. The number of carbonyl (C=O) groups excluding carboxylic acids is 1. The summed E-state index contributed by atoms with van der Waals surface area (Å²) in [5.41, 5.74) is 7.25. The summed E-state index contributed by atoms with van der Waals surface area (Å²) in [7, 11) is 0. The molecule has 2 heterocycles. The third-order valence-corrected chi connectivity index (χ3v) is 7.33. The molecule has 0 fully saturated rings. The molecule has 0 aliphatic carbocycles. The molecule has 0 bridgehead atoms. The van der Waals surface area contributed by atoms with Crippen molar-refractivity contribution in [3.63, 3.8) is 0 Å². The van der Waals surface area contributed by atoms with Crippen LogP contribution in [0.15, 0.2) is 59.7 Å². The van der Waals surface area contributed by atoms with Gasteiger partial charge in [-0.25, -0.2) is 5.43 Å². The molecule has 1 aliphatic heterocycles. The van der Waals surface area contributed by atoms with Crippen molar-refractivity contribution in [1.82, 2.24) is 21.0 Å². The minimum Gasteiger partial charge on any atom is -0.491 e. The lowest BCUT2D eigenvalue weighted by atomic mass is 10.0. The number of para-hydroxylation sites is 1. The number of aromatic nitrogens is 1. The van der Waals surface area contributed by atoms with E-state index in [4.69, 9.17) is 21.1 Å². The monoisotopic (exact) mass is 591 g/mol. The molecule has 0 saturated heterocycles. The number of amides is 1. The van der Waals surface area contributed by atoms with Crippen LogP contribution >= 0.6 is 11.6 Å². The molecule has 4 aromatic rings. The number of hydrogen-bond donors (Lipinski definition) is 5. The van der Waals surface area contributed by atoms with Crippen molar-refractivity contribution in [2.75, 3.05) is 26.3 Å². The van der Waals surface area contributed by atoms with E-state index in [1.54, 1.807) is 0 Å². The molecule has 1 unspecified atom stereocenters. The first-order chi connectivity index (χ1) is 20.2. The number of aliphatic hydroxyl groups is 1. The Balaban J connectivity index is 1.20. The van der Waals surface area contributed by atoms with Crippen LogP contribution in [0.3, 0.4) is 0 Å². The number of aromatic amines is 1. The van der Waals surface area contributed by atoms with E-state index in [-0.39, 0.29) is 18.1 Å². The van der Waals surface area contributed by atoms with Gasteiger partial charge in [0.05, 0.1) is 16.3 Å². The summed E-state index contributed by atoms with van der Waals surface area (Å²) in [6.07, 6.45) is 0.374. The summed E-state index contributed by atoms with van der Waals surface area (Å²) in [6.45, 7) is 8.53. The van der Waals surface area contributed by atoms with Gasteiger partial charge in [-0.15, -0.1) is 0 Å². The standard InChI is InChI=1S/C32H38ClN5O4/c1-32(2,3)35-18-22(39)19-42-28-12-9-21(31-30(28)23-6-4-5-7-26(23)36-31)17-34-14-15-41-27-11-8-20(16-24(27)33)25-10-13-29(40)38-37-25/h4-9,11-12,16,22,34-36,39H,10,13-15,17-19H2,1-3H3,(H,38,40). The highest BCUT2D eigenvalue weighted by molar-refractivity contribution is 6.32. The zero-order chi connectivity index (χ0) is 29.7. The van der Waals surface area contributed by atoms with E-state index in [9.17, 15) is 9.90 Å². The van der Waals surface area contributed by atoms with Gasteiger partial charge in [0, 0.05) is 54.3 Å². The Morgan fingerprint density at radius 3 is 2.64 bits per heavy atom. The first-order valence-corrected chi connectivity index (χ1v) is 14.6. The fraction of sp³-hybridized carbons (Fsp3) is 0.375. The zero-order valence-electron chi connectivity index (χ0n) is 24.2. The third-order valence-electron chi connectivity index (χ3n) is 7.03. The van der Waals surface area contributed by atoms with Gasteiger partial charge in [-0.3, -0.25) is 4.79 Å². The normalized spacial score (nSPS) is 14.6. The van der Waals surface area contributed by atoms with Crippen molar-refractivity contribution in [2.24, 2.45) is 5.10 Å². The summed E-state index contributed by atoms with van der Waals surface area (Å²) >= 11 is 6.46. The van der Waals surface area contributed by atoms with E-state index in [0.717, 1.165) is 44.4 Å². The Kier molecular flexibility index (Phi) is 9.33. The largest absolute Gasteiger partial charge is 0.491 e. The Hall–Kier alpha value is -3.63. The predicted octanol–water partition coefficient (Wildman–Crippen LogP) is 4.89. The summed E-state index contributed by atoms with van der Waals surface area (Å²) in [4.78, 5) is 14.9. The number of nitrogens with zero attached hydrogens (tertiary/aromatic N) is 1. The van der Waals surface area contributed by atoms with Crippen LogP contribution in [0.4, 0.5) is 0 Å². The lowest BCUT2D eigenvalue weighted by molar-refractivity contribution is -0.121. The third kappa shape index (κ3) is 7.41. The minimum atomic E-state index is -0.626. The topological polar surface area (TPSA) is 120 Å². The number of ether oxygens (including phenoxy) is 2. The highest BCUT2D eigenvalue weighted by Crippen LogP contribution is 2.35. The summed E-state index contributed by atoms with van der Waals surface area (Å²) < 4.78 is 12.1. The van der Waals surface area contributed by atoms with Gasteiger partial charge in [0.25, 0.3) is 0 Å². The summed E-state index contributed by atoms with van der Waals surface area (Å²) in [6, 6.07) is 17.7. The molecule has 0 spiro atoms. The molecule has 0 saturated carbocycles. The Bertz CT molecular complexity index is 1590. The van der Waals surface area contributed by atoms with E-state index in [1.807, 2.05) is 42.5 Å². The Morgan fingerprint density at radius 2 is 1.88 bits per heavy atom. The van der Waals surface area contributed by atoms with Crippen molar-refractivity contribution in [3.05, 3.63) is 70.7 Å². The second-order valence-electron chi connectivity index (χ2n) is 11.5. The number of fused-ring (bicyclic) bond motifs is 3.